The third-order valence-electron chi connectivity index (χ3n) is 7.54. The van der Waals surface area contributed by atoms with Crippen molar-refractivity contribution < 1.29 is 23.1 Å². The zero-order chi connectivity index (χ0) is 28.4. The first-order valence-electron chi connectivity index (χ1n) is 13.9. The van der Waals surface area contributed by atoms with Gasteiger partial charge in [-0.2, -0.15) is 9.41 Å². The highest BCUT2D eigenvalue weighted by Gasteiger charge is 2.45. The second-order valence-corrected chi connectivity index (χ2v) is 12.6. The molecule has 1 saturated carbocycles. The number of ether oxygens (including phenoxy) is 1. The van der Waals surface area contributed by atoms with E-state index in [1.165, 1.54) is 16.4 Å². The Hall–Kier alpha value is -3.28. The zero-order valence-corrected chi connectivity index (χ0v) is 24.0. The number of nitrogens with one attached hydrogen (secondary N) is 1. The first-order valence-corrected chi connectivity index (χ1v) is 15.4. The number of aliphatic imine (C=N–C) groups is 1. The van der Waals surface area contributed by atoms with Gasteiger partial charge < -0.3 is 15.2 Å². The van der Waals surface area contributed by atoms with E-state index in [1.807, 2.05) is 44.2 Å². The predicted molar refractivity (Wildman–Crippen MR) is 152 cm³/mol. The number of nitrogens with zero attached hydrogens (tertiary/aromatic N) is 4. The van der Waals surface area contributed by atoms with E-state index in [2.05, 4.69) is 5.32 Å². The lowest BCUT2D eigenvalue weighted by atomic mass is 10.1. The van der Waals surface area contributed by atoms with Crippen LogP contribution in [0.15, 0.2) is 63.5 Å². The minimum Gasteiger partial charge on any atom is -0.493 e. The Bertz CT molecular complexity index is 1400. The average molecular weight is 568 g/mol. The molecule has 0 spiro atoms. The molecule has 214 valence electrons. The fourth-order valence-corrected chi connectivity index (χ4v) is 7.20. The van der Waals surface area contributed by atoms with Crippen molar-refractivity contribution in [3.63, 3.8) is 0 Å². The quantitative estimate of drug-likeness (QED) is 0.455. The van der Waals surface area contributed by atoms with Crippen molar-refractivity contribution >= 4 is 27.6 Å². The summed E-state index contributed by atoms with van der Waals surface area (Å²) in [7, 11) is -4.04. The predicted octanol–water partition coefficient (Wildman–Crippen LogP) is 3.11. The van der Waals surface area contributed by atoms with Crippen molar-refractivity contribution in [3.05, 3.63) is 59.7 Å². The van der Waals surface area contributed by atoms with E-state index in [9.17, 15) is 18.3 Å². The summed E-state index contributed by atoms with van der Waals surface area (Å²) in [6.07, 6.45) is 3.41. The number of aliphatic hydroxyl groups is 1. The van der Waals surface area contributed by atoms with Crippen LogP contribution in [0.5, 0.6) is 5.75 Å². The van der Waals surface area contributed by atoms with Crippen molar-refractivity contribution in [2.24, 2.45) is 16.0 Å². The molecule has 11 heteroatoms. The molecule has 2 N–H and O–H groups in total. The lowest BCUT2D eigenvalue weighted by Gasteiger charge is -2.31. The maximum Gasteiger partial charge on any atom is 0.252 e. The number of hydrogen-bond acceptors (Lipinski definition) is 8. The van der Waals surface area contributed by atoms with Crippen LogP contribution in [-0.2, 0) is 21.4 Å². The molecule has 3 unspecified atom stereocenters. The molecule has 5 rings (SSSR count). The summed E-state index contributed by atoms with van der Waals surface area (Å²) in [5, 5.41) is 19.6. The number of sulfonamides is 1. The normalized spacial score (nSPS) is 22.1. The van der Waals surface area contributed by atoms with Crippen LogP contribution in [0.2, 0.25) is 0 Å². The van der Waals surface area contributed by atoms with Gasteiger partial charge in [0.15, 0.2) is 11.9 Å². The highest BCUT2D eigenvalue weighted by molar-refractivity contribution is 7.89. The number of aliphatic hydroxyl groups excluding tert-OH is 1. The van der Waals surface area contributed by atoms with Gasteiger partial charge in [0.05, 0.1) is 29.2 Å². The van der Waals surface area contributed by atoms with Gasteiger partial charge in [-0.25, -0.2) is 13.4 Å². The first-order chi connectivity index (χ1) is 19.2. The SMILES string of the molecule is CCOc1ccc(S(=O)(=O)N(Cc2ccccc2)CC(C)O)cc1C1=NN2C(C3CCCC3)=NC(C)C2C(=O)N1. The van der Waals surface area contributed by atoms with Crippen LogP contribution in [-0.4, -0.2) is 71.8 Å². The van der Waals surface area contributed by atoms with Gasteiger partial charge in [-0.1, -0.05) is 43.2 Å². The summed E-state index contributed by atoms with van der Waals surface area (Å²) in [6.45, 7) is 5.68. The van der Waals surface area contributed by atoms with Gasteiger partial charge in [0.2, 0.25) is 10.0 Å². The maximum absolute atomic E-state index is 13.9. The molecule has 10 nitrogen and oxygen atoms in total. The Morgan fingerprint density at radius 1 is 1.18 bits per heavy atom. The molecule has 40 heavy (non-hydrogen) atoms. The summed E-state index contributed by atoms with van der Waals surface area (Å²) in [5.41, 5.74) is 1.17. The standard InChI is InChI=1S/C29H37N5O5S/c1-4-39-25-15-14-23(40(37,38)33(17-19(2)35)18-21-10-6-5-7-11-21)16-24(25)27-31-29(36)26-20(3)30-28(34(26)32-27)22-12-8-9-13-22/h5-7,10-11,14-16,19-20,22,26,35H,4,8-9,12-13,17-18H2,1-3H3,(H,31,32,36). The molecule has 2 aromatic carbocycles. The van der Waals surface area contributed by atoms with Gasteiger partial charge in [0.25, 0.3) is 5.91 Å². The van der Waals surface area contributed by atoms with Gasteiger partial charge in [-0.3, -0.25) is 9.79 Å². The van der Waals surface area contributed by atoms with Crippen LogP contribution >= 0.6 is 0 Å². The topological polar surface area (TPSA) is 124 Å². The van der Waals surface area contributed by atoms with Crippen molar-refractivity contribution in [2.45, 2.75) is 76.1 Å². The largest absolute Gasteiger partial charge is 0.493 e. The molecule has 2 heterocycles. The minimum atomic E-state index is -4.04. The summed E-state index contributed by atoms with van der Waals surface area (Å²) in [6, 6.07) is 13.0. The fourth-order valence-electron chi connectivity index (χ4n) is 5.66. The summed E-state index contributed by atoms with van der Waals surface area (Å²) >= 11 is 0. The van der Waals surface area contributed by atoms with Crippen LogP contribution in [0, 0.1) is 5.92 Å². The molecule has 1 aliphatic carbocycles. The number of amidine groups is 2. The van der Waals surface area contributed by atoms with Gasteiger partial charge in [0, 0.05) is 19.0 Å². The van der Waals surface area contributed by atoms with E-state index in [1.54, 1.807) is 18.0 Å². The summed E-state index contributed by atoms with van der Waals surface area (Å²) in [4.78, 5) is 18.1. The molecule has 0 radical (unpaired) electrons. The molecule has 3 aliphatic rings. The van der Waals surface area contributed by atoms with Crippen LogP contribution in [0.4, 0.5) is 0 Å². The lowest BCUT2D eigenvalue weighted by molar-refractivity contribution is -0.124. The van der Waals surface area contributed by atoms with E-state index < -0.39 is 22.2 Å². The summed E-state index contributed by atoms with van der Waals surface area (Å²) in [5.74, 6) is 1.50. The number of hydrazone groups is 1. The number of fused-ring (bicyclic) bond motifs is 1. The fraction of sp³-hybridized carbons (Fsp3) is 0.483. The third kappa shape index (κ3) is 5.63. The first kappa shape index (κ1) is 28.3. The van der Waals surface area contributed by atoms with E-state index in [0.717, 1.165) is 37.1 Å². The third-order valence-corrected chi connectivity index (χ3v) is 9.35. The molecule has 0 aromatic heterocycles. The Morgan fingerprint density at radius 2 is 1.90 bits per heavy atom. The number of carbonyl (C=O) groups excluding carboxylic acids is 1. The smallest absolute Gasteiger partial charge is 0.252 e. The minimum absolute atomic E-state index is 0.0149. The number of amides is 1. The molecule has 2 aliphatic heterocycles. The van der Waals surface area contributed by atoms with E-state index in [-0.39, 0.29) is 41.7 Å². The molecule has 3 atom stereocenters. The monoisotopic (exact) mass is 567 g/mol. The molecule has 2 aromatic rings. The number of rotatable bonds is 10. The van der Waals surface area contributed by atoms with Crippen LogP contribution in [0.1, 0.15) is 57.6 Å². The zero-order valence-electron chi connectivity index (χ0n) is 23.2. The van der Waals surface area contributed by atoms with Crippen molar-refractivity contribution in [3.8, 4) is 5.75 Å². The van der Waals surface area contributed by atoms with Crippen LogP contribution in [0.3, 0.4) is 0 Å². The maximum atomic E-state index is 13.9. The highest BCUT2D eigenvalue weighted by atomic mass is 32.2. The second-order valence-electron chi connectivity index (χ2n) is 10.7. The number of benzene rings is 2. The second kappa shape index (κ2) is 11.7. The molecule has 1 amide bonds. The van der Waals surface area contributed by atoms with Gasteiger partial charge in [-0.15, -0.1) is 0 Å². The van der Waals surface area contributed by atoms with Gasteiger partial charge in [0.1, 0.15) is 11.6 Å². The Kier molecular flexibility index (Phi) is 8.25. The Morgan fingerprint density at radius 3 is 2.58 bits per heavy atom. The summed E-state index contributed by atoms with van der Waals surface area (Å²) < 4.78 is 34.9. The Balaban J connectivity index is 1.54. The number of hydrogen-bond donors (Lipinski definition) is 2. The van der Waals surface area contributed by atoms with Crippen LogP contribution < -0.4 is 10.1 Å². The van der Waals surface area contributed by atoms with E-state index in [4.69, 9.17) is 14.8 Å². The molecule has 0 saturated heterocycles. The van der Waals surface area contributed by atoms with Gasteiger partial charge >= 0.3 is 0 Å². The molecule has 0 bridgehead atoms. The van der Waals surface area contributed by atoms with Crippen molar-refractivity contribution in [1.29, 1.82) is 0 Å². The number of carbonyl (C=O) groups is 1. The Labute approximate surface area is 235 Å². The molecular weight excluding hydrogens is 530 g/mol. The van der Waals surface area contributed by atoms with E-state index in [0.29, 0.717) is 17.9 Å². The van der Waals surface area contributed by atoms with Gasteiger partial charge in [-0.05, 0) is 57.4 Å². The molecule has 1 fully saturated rings. The highest BCUT2D eigenvalue weighted by Crippen LogP contribution is 2.34. The lowest BCUT2D eigenvalue weighted by Crippen LogP contribution is -2.55. The molecular formula is C29H37N5O5S. The van der Waals surface area contributed by atoms with Crippen LogP contribution in [0.25, 0.3) is 0 Å². The average Bonchev–Trinajstić information content (AvgIpc) is 3.57. The van der Waals surface area contributed by atoms with Crippen molar-refractivity contribution in [1.82, 2.24) is 14.6 Å². The van der Waals surface area contributed by atoms with Crippen molar-refractivity contribution in [2.75, 3.05) is 13.2 Å². The van der Waals surface area contributed by atoms with E-state index >= 15 is 0 Å².